The van der Waals surface area contributed by atoms with E-state index in [0.717, 1.165) is 72.2 Å². The third kappa shape index (κ3) is 5.55. The van der Waals surface area contributed by atoms with Crippen molar-refractivity contribution in [2.45, 2.75) is 0 Å². The second kappa shape index (κ2) is 14.0. The predicted octanol–water partition coefficient (Wildman–Crippen LogP) is 14.6. The van der Waals surface area contributed by atoms with E-state index in [1.807, 2.05) is 42.5 Å². The summed E-state index contributed by atoms with van der Waals surface area (Å²) in [6, 6.07) is 74.4. The molecule has 0 bridgehead atoms. The average molecular weight is 806 g/mol. The quantitative estimate of drug-likeness (QED) is 0.168. The summed E-state index contributed by atoms with van der Waals surface area (Å²) in [5.41, 5.74) is 13.4. The summed E-state index contributed by atoms with van der Waals surface area (Å²) in [6.45, 7) is 0. The lowest BCUT2D eigenvalue weighted by Gasteiger charge is -2.13. The molecule has 13 aromatic rings. The largest absolute Gasteiger partial charge is 0.456 e. The number of furan rings is 1. The van der Waals surface area contributed by atoms with E-state index >= 15 is 0 Å². The first-order chi connectivity index (χ1) is 31.2. The van der Waals surface area contributed by atoms with Crippen LogP contribution < -0.4 is 0 Å². The molecule has 0 fully saturated rings. The number of hydrogen-bond acceptors (Lipinski definition) is 4. The summed E-state index contributed by atoms with van der Waals surface area (Å²) in [4.78, 5) is 15.3. The summed E-state index contributed by atoms with van der Waals surface area (Å²) in [5, 5.41) is 6.99. The van der Waals surface area contributed by atoms with Crippen LogP contribution in [0, 0.1) is 0 Å². The standard InChI is InChI=1S/C57H35N5O/c1-4-15-36(16-5-1)42-23-14-26-50-52(42)47-32-29-39(35-51(47)63-50)57-59-55(37-17-6-2-7-18-37)58-56(60-57)38-27-30-41(31-28-38)62-49-25-13-11-22-44(49)46-34-33-45-43-21-10-12-24-48(43)61(53(45)54(46)62)40-19-8-3-9-20-40/h1-35H. The molecule has 0 N–H and O–H groups in total. The van der Waals surface area contributed by atoms with Crippen LogP contribution in [0.25, 0.3) is 122 Å². The summed E-state index contributed by atoms with van der Waals surface area (Å²) in [5.74, 6) is 1.77. The fourth-order valence-electron chi connectivity index (χ4n) is 9.55. The van der Waals surface area contributed by atoms with Gasteiger partial charge < -0.3 is 13.6 Å². The third-order valence-corrected chi connectivity index (χ3v) is 12.4. The van der Waals surface area contributed by atoms with Crippen LogP contribution in [0.4, 0.5) is 0 Å². The fourth-order valence-corrected chi connectivity index (χ4v) is 9.55. The Kier molecular flexibility index (Phi) is 7.80. The number of hydrogen-bond donors (Lipinski definition) is 0. The Morgan fingerprint density at radius 2 is 0.794 bits per heavy atom. The molecule has 0 radical (unpaired) electrons. The second-order valence-corrected chi connectivity index (χ2v) is 16.0. The van der Waals surface area contributed by atoms with Crippen LogP contribution in [0.5, 0.6) is 0 Å². The van der Waals surface area contributed by atoms with Crippen molar-refractivity contribution in [3.63, 3.8) is 0 Å². The minimum absolute atomic E-state index is 0.576. The normalized spacial score (nSPS) is 11.8. The second-order valence-electron chi connectivity index (χ2n) is 16.0. The molecule has 0 aliphatic heterocycles. The van der Waals surface area contributed by atoms with Crippen LogP contribution in [0.3, 0.4) is 0 Å². The fraction of sp³-hybridized carbons (Fsp3) is 0. The Morgan fingerprint density at radius 1 is 0.317 bits per heavy atom. The van der Waals surface area contributed by atoms with E-state index in [9.17, 15) is 0 Å². The Labute approximate surface area is 361 Å². The van der Waals surface area contributed by atoms with Gasteiger partial charge in [-0.3, -0.25) is 0 Å². The molecule has 6 nitrogen and oxygen atoms in total. The zero-order valence-corrected chi connectivity index (χ0v) is 33.9. The van der Waals surface area contributed by atoms with E-state index in [1.165, 1.54) is 32.6 Å². The first-order valence-corrected chi connectivity index (χ1v) is 21.2. The number of nitrogens with zero attached hydrogens (tertiary/aromatic N) is 5. The van der Waals surface area contributed by atoms with E-state index in [2.05, 4.69) is 179 Å². The average Bonchev–Trinajstić information content (AvgIpc) is 4.02. The lowest BCUT2D eigenvalue weighted by molar-refractivity contribution is 0.669. The maximum atomic E-state index is 6.52. The monoisotopic (exact) mass is 805 g/mol. The highest BCUT2D eigenvalue weighted by atomic mass is 16.3. The van der Waals surface area contributed by atoms with Crippen LogP contribution in [0.1, 0.15) is 0 Å². The Hall–Kier alpha value is -8.61. The minimum Gasteiger partial charge on any atom is -0.456 e. The SMILES string of the molecule is c1ccc(-c2nc(-c3ccc(-n4c5ccccc5c5ccc6c7ccccc7n(-c7ccccc7)c6c54)cc3)nc(-c3ccc4c(c3)oc3cccc(-c5ccccc5)c34)n2)cc1. The van der Waals surface area contributed by atoms with Crippen LogP contribution in [0.15, 0.2) is 217 Å². The summed E-state index contributed by atoms with van der Waals surface area (Å²) in [7, 11) is 0. The maximum Gasteiger partial charge on any atom is 0.164 e. The molecule has 13 rings (SSSR count). The number of aromatic nitrogens is 5. The summed E-state index contributed by atoms with van der Waals surface area (Å²) < 4.78 is 11.3. The highest BCUT2D eigenvalue weighted by Crippen LogP contribution is 2.42. The lowest BCUT2D eigenvalue weighted by Crippen LogP contribution is -2.01. The molecule has 0 atom stereocenters. The van der Waals surface area contributed by atoms with Gasteiger partial charge in [-0.1, -0.05) is 146 Å². The first kappa shape index (κ1) is 35.2. The maximum absolute atomic E-state index is 6.52. The van der Waals surface area contributed by atoms with Crippen molar-refractivity contribution in [2.24, 2.45) is 0 Å². The highest BCUT2D eigenvalue weighted by Gasteiger charge is 2.22. The Bertz CT molecular complexity index is 3890. The van der Waals surface area contributed by atoms with E-state index in [0.29, 0.717) is 17.5 Å². The third-order valence-electron chi connectivity index (χ3n) is 12.4. The van der Waals surface area contributed by atoms with Gasteiger partial charge in [0.2, 0.25) is 0 Å². The minimum atomic E-state index is 0.576. The number of para-hydroxylation sites is 3. The first-order valence-electron chi connectivity index (χ1n) is 21.2. The summed E-state index contributed by atoms with van der Waals surface area (Å²) >= 11 is 0. The molecule has 0 unspecified atom stereocenters. The van der Waals surface area contributed by atoms with E-state index in [1.54, 1.807) is 0 Å². The van der Waals surface area contributed by atoms with Crippen molar-refractivity contribution in [1.29, 1.82) is 0 Å². The molecule has 0 spiro atoms. The van der Waals surface area contributed by atoms with E-state index < -0.39 is 0 Å². The van der Waals surface area contributed by atoms with Gasteiger partial charge in [-0.25, -0.2) is 15.0 Å². The van der Waals surface area contributed by atoms with Gasteiger partial charge in [0.05, 0.1) is 22.1 Å². The van der Waals surface area contributed by atoms with Crippen molar-refractivity contribution >= 4 is 65.6 Å². The highest BCUT2D eigenvalue weighted by molar-refractivity contribution is 6.24. The summed E-state index contributed by atoms with van der Waals surface area (Å²) in [6.07, 6.45) is 0. The molecule has 0 saturated carbocycles. The predicted molar refractivity (Wildman–Crippen MR) is 258 cm³/mol. The van der Waals surface area contributed by atoms with E-state index in [4.69, 9.17) is 19.4 Å². The molecular weight excluding hydrogens is 771 g/mol. The molecule has 9 aromatic carbocycles. The van der Waals surface area contributed by atoms with Crippen LogP contribution >= 0.6 is 0 Å². The van der Waals surface area contributed by atoms with E-state index in [-0.39, 0.29) is 0 Å². The molecular formula is C57H35N5O. The van der Waals surface area contributed by atoms with Crippen molar-refractivity contribution < 1.29 is 4.42 Å². The Balaban J connectivity index is 0.978. The van der Waals surface area contributed by atoms with Gasteiger partial charge in [-0.05, 0) is 77.9 Å². The molecule has 0 saturated heterocycles. The van der Waals surface area contributed by atoms with Gasteiger partial charge in [0.15, 0.2) is 17.5 Å². The molecule has 0 amide bonds. The van der Waals surface area contributed by atoms with Gasteiger partial charge >= 0.3 is 0 Å². The number of fused-ring (bicyclic) bond motifs is 10. The van der Waals surface area contributed by atoms with Gasteiger partial charge in [0.1, 0.15) is 11.2 Å². The van der Waals surface area contributed by atoms with Crippen LogP contribution in [0.2, 0.25) is 0 Å². The van der Waals surface area contributed by atoms with Crippen molar-refractivity contribution in [3.8, 4) is 56.7 Å². The Morgan fingerprint density at radius 3 is 1.41 bits per heavy atom. The molecule has 4 aromatic heterocycles. The van der Waals surface area contributed by atoms with Gasteiger partial charge in [0, 0.05) is 60.4 Å². The molecule has 0 aliphatic rings. The number of rotatable bonds is 6. The molecule has 0 aliphatic carbocycles. The van der Waals surface area contributed by atoms with Crippen molar-refractivity contribution in [2.75, 3.05) is 0 Å². The molecule has 63 heavy (non-hydrogen) atoms. The van der Waals surface area contributed by atoms with Gasteiger partial charge in [-0.15, -0.1) is 0 Å². The van der Waals surface area contributed by atoms with Crippen LogP contribution in [-0.2, 0) is 0 Å². The van der Waals surface area contributed by atoms with Gasteiger partial charge in [-0.2, -0.15) is 0 Å². The van der Waals surface area contributed by atoms with Crippen LogP contribution in [-0.4, -0.2) is 24.1 Å². The molecule has 294 valence electrons. The topological polar surface area (TPSA) is 61.7 Å². The molecule has 6 heteroatoms. The van der Waals surface area contributed by atoms with Crippen molar-refractivity contribution in [1.82, 2.24) is 24.1 Å². The molecule has 4 heterocycles. The zero-order chi connectivity index (χ0) is 41.4. The smallest absolute Gasteiger partial charge is 0.164 e. The lowest BCUT2D eigenvalue weighted by atomic mass is 9.99. The van der Waals surface area contributed by atoms with Crippen molar-refractivity contribution in [3.05, 3.63) is 212 Å². The van der Waals surface area contributed by atoms with Gasteiger partial charge in [0.25, 0.3) is 0 Å². The number of benzene rings is 9. The zero-order valence-electron chi connectivity index (χ0n) is 33.9.